The van der Waals surface area contributed by atoms with Crippen LogP contribution in [0.25, 0.3) is 0 Å². The van der Waals surface area contributed by atoms with E-state index < -0.39 is 0 Å². The van der Waals surface area contributed by atoms with E-state index >= 15 is 0 Å². The topological polar surface area (TPSA) is 52.7 Å². The summed E-state index contributed by atoms with van der Waals surface area (Å²) in [6, 6.07) is 12.9. The molecular weight excluding hydrogens is 326 g/mol. The first-order valence-electron chi connectivity index (χ1n) is 7.90. The van der Waals surface area contributed by atoms with Gasteiger partial charge in [-0.1, -0.05) is 29.8 Å². The number of carbonyl (C=O) groups excluding carboxylic acids is 2. The number of hydrogen-bond acceptors (Lipinski definition) is 2. The second kappa shape index (κ2) is 5.83. The van der Waals surface area contributed by atoms with E-state index in [1.54, 1.807) is 28.0 Å². The third-order valence-corrected chi connectivity index (χ3v) is 4.81. The van der Waals surface area contributed by atoms with Crippen LogP contribution in [0, 0.1) is 0 Å². The van der Waals surface area contributed by atoms with E-state index in [9.17, 15) is 9.59 Å². The number of rotatable bonds is 2. The van der Waals surface area contributed by atoms with Gasteiger partial charge in [-0.15, -0.1) is 0 Å². The zero-order chi connectivity index (χ0) is 16.7. The van der Waals surface area contributed by atoms with Crippen LogP contribution < -0.4 is 15.1 Å². The Balaban J connectivity index is 1.69. The van der Waals surface area contributed by atoms with Crippen LogP contribution in [0.1, 0.15) is 15.9 Å². The molecule has 2 aromatic carbocycles. The minimum atomic E-state index is -0.151. The smallest absolute Gasteiger partial charge is 0.321 e. The van der Waals surface area contributed by atoms with Gasteiger partial charge >= 0.3 is 6.03 Å². The maximum atomic E-state index is 13.0. The van der Waals surface area contributed by atoms with Crippen LogP contribution in [0.15, 0.2) is 42.5 Å². The van der Waals surface area contributed by atoms with Gasteiger partial charge in [0.05, 0.1) is 10.6 Å². The van der Waals surface area contributed by atoms with Crippen LogP contribution in [-0.2, 0) is 6.42 Å². The number of nitrogens with zero attached hydrogens (tertiary/aromatic N) is 2. The van der Waals surface area contributed by atoms with Gasteiger partial charge < -0.3 is 10.2 Å². The molecule has 1 fully saturated rings. The van der Waals surface area contributed by atoms with Gasteiger partial charge in [-0.2, -0.15) is 0 Å². The molecule has 0 saturated carbocycles. The van der Waals surface area contributed by atoms with Gasteiger partial charge in [0.15, 0.2) is 0 Å². The fourth-order valence-corrected chi connectivity index (χ4v) is 3.46. The number of carbonyl (C=O) groups is 2. The van der Waals surface area contributed by atoms with Gasteiger partial charge in [-0.3, -0.25) is 9.69 Å². The van der Waals surface area contributed by atoms with Crippen LogP contribution >= 0.6 is 11.6 Å². The normalized spacial score (nSPS) is 16.3. The maximum absolute atomic E-state index is 13.0. The van der Waals surface area contributed by atoms with E-state index in [4.69, 9.17) is 11.6 Å². The number of halogens is 1. The Morgan fingerprint density at radius 2 is 1.96 bits per heavy atom. The van der Waals surface area contributed by atoms with Crippen molar-refractivity contribution in [1.82, 2.24) is 5.32 Å². The van der Waals surface area contributed by atoms with Crippen molar-refractivity contribution in [2.75, 3.05) is 29.4 Å². The average molecular weight is 342 g/mol. The minimum Gasteiger partial charge on any atom is -0.336 e. The number of para-hydroxylation sites is 1. The van der Waals surface area contributed by atoms with Crippen LogP contribution in [0.4, 0.5) is 16.2 Å². The molecule has 4 rings (SSSR count). The molecule has 2 aliphatic rings. The monoisotopic (exact) mass is 341 g/mol. The lowest BCUT2D eigenvalue weighted by molar-refractivity contribution is 0.0989. The molecule has 1 saturated heterocycles. The Kier molecular flexibility index (Phi) is 3.65. The van der Waals surface area contributed by atoms with Crippen molar-refractivity contribution < 1.29 is 9.59 Å². The summed E-state index contributed by atoms with van der Waals surface area (Å²) in [5, 5.41) is 3.15. The molecule has 24 heavy (non-hydrogen) atoms. The SMILES string of the molecule is O=C1NCCN1c1ccc(Cl)c(C(=O)N2CCc3ccccc32)c1. The summed E-state index contributed by atoms with van der Waals surface area (Å²) in [5.74, 6) is -0.133. The number of anilines is 2. The fourth-order valence-electron chi connectivity index (χ4n) is 3.26. The Morgan fingerprint density at radius 1 is 1.12 bits per heavy atom. The highest BCUT2D eigenvalue weighted by molar-refractivity contribution is 6.34. The van der Waals surface area contributed by atoms with Crippen LogP contribution in [0.3, 0.4) is 0 Å². The van der Waals surface area contributed by atoms with Gasteiger partial charge in [0.2, 0.25) is 0 Å². The van der Waals surface area contributed by atoms with Crippen LogP contribution in [-0.4, -0.2) is 31.6 Å². The Bertz CT molecular complexity index is 837. The van der Waals surface area contributed by atoms with Crippen molar-refractivity contribution in [1.29, 1.82) is 0 Å². The molecule has 3 amide bonds. The molecular formula is C18H16ClN3O2. The van der Waals surface area contributed by atoms with Gasteiger partial charge in [0.25, 0.3) is 5.91 Å². The molecule has 2 heterocycles. The molecule has 6 heteroatoms. The van der Waals surface area contributed by atoms with Gasteiger partial charge in [-0.05, 0) is 36.2 Å². The predicted octanol–water partition coefficient (Wildman–Crippen LogP) is 3.07. The van der Waals surface area contributed by atoms with E-state index in [0.29, 0.717) is 35.9 Å². The molecule has 2 aliphatic heterocycles. The lowest BCUT2D eigenvalue weighted by atomic mass is 10.1. The zero-order valence-corrected chi connectivity index (χ0v) is 13.7. The Labute approximate surface area is 144 Å². The van der Waals surface area contributed by atoms with Crippen molar-refractivity contribution in [3.63, 3.8) is 0 Å². The summed E-state index contributed by atoms with van der Waals surface area (Å²) in [6.45, 7) is 1.83. The number of benzene rings is 2. The number of hydrogen-bond donors (Lipinski definition) is 1. The van der Waals surface area contributed by atoms with E-state index in [-0.39, 0.29) is 11.9 Å². The maximum Gasteiger partial charge on any atom is 0.321 e. The third-order valence-electron chi connectivity index (χ3n) is 4.48. The molecule has 0 aliphatic carbocycles. The molecule has 0 spiro atoms. The van der Waals surface area contributed by atoms with Crippen molar-refractivity contribution in [3.05, 3.63) is 58.6 Å². The molecule has 122 valence electrons. The minimum absolute atomic E-state index is 0.133. The number of nitrogens with one attached hydrogen (secondary N) is 1. The lowest BCUT2D eigenvalue weighted by Crippen LogP contribution is -2.30. The third kappa shape index (κ3) is 2.41. The first kappa shape index (κ1) is 15.0. The van der Waals surface area contributed by atoms with Crippen molar-refractivity contribution in [2.24, 2.45) is 0 Å². The number of amides is 3. The summed E-state index contributed by atoms with van der Waals surface area (Å²) in [7, 11) is 0. The molecule has 0 radical (unpaired) electrons. The highest BCUT2D eigenvalue weighted by Crippen LogP contribution is 2.32. The molecule has 0 aromatic heterocycles. The summed E-state index contributed by atoms with van der Waals surface area (Å²) in [6.07, 6.45) is 0.841. The van der Waals surface area contributed by atoms with Gasteiger partial charge in [0, 0.05) is 31.0 Å². The van der Waals surface area contributed by atoms with Gasteiger partial charge in [0.1, 0.15) is 0 Å². The fraction of sp³-hybridized carbons (Fsp3) is 0.222. The summed E-state index contributed by atoms with van der Waals surface area (Å²) in [5.41, 5.74) is 3.20. The summed E-state index contributed by atoms with van der Waals surface area (Å²) < 4.78 is 0. The summed E-state index contributed by atoms with van der Waals surface area (Å²) in [4.78, 5) is 28.2. The van der Waals surface area contributed by atoms with E-state index in [1.165, 1.54) is 0 Å². The van der Waals surface area contributed by atoms with Crippen LogP contribution in [0.2, 0.25) is 5.02 Å². The van der Waals surface area contributed by atoms with E-state index in [2.05, 4.69) is 5.32 Å². The molecule has 5 nitrogen and oxygen atoms in total. The average Bonchev–Trinajstić information content (AvgIpc) is 3.21. The molecule has 1 N–H and O–H groups in total. The second-order valence-electron chi connectivity index (χ2n) is 5.88. The first-order valence-corrected chi connectivity index (χ1v) is 8.27. The highest BCUT2D eigenvalue weighted by Gasteiger charge is 2.28. The summed E-state index contributed by atoms with van der Waals surface area (Å²) >= 11 is 6.27. The standard InChI is InChI=1S/C18H16ClN3O2/c19-15-6-5-13(21-10-8-20-18(21)24)11-14(15)17(23)22-9-7-12-3-1-2-4-16(12)22/h1-6,11H,7-10H2,(H,20,24). The van der Waals surface area contributed by atoms with Crippen molar-refractivity contribution in [2.45, 2.75) is 6.42 Å². The number of urea groups is 1. The largest absolute Gasteiger partial charge is 0.336 e. The molecule has 0 unspecified atom stereocenters. The quantitative estimate of drug-likeness (QED) is 0.912. The van der Waals surface area contributed by atoms with Crippen molar-refractivity contribution >= 4 is 34.9 Å². The molecule has 0 atom stereocenters. The Hall–Kier alpha value is -2.53. The van der Waals surface area contributed by atoms with Gasteiger partial charge in [-0.25, -0.2) is 4.79 Å². The highest BCUT2D eigenvalue weighted by atomic mass is 35.5. The number of fused-ring (bicyclic) bond motifs is 1. The lowest BCUT2D eigenvalue weighted by Gasteiger charge is -2.20. The first-order chi connectivity index (χ1) is 11.6. The van der Waals surface area contributed by atoms with E-state index in [0.717, 1.165) is 17.7 Å². The predicted molar refractivity (Wildman–Crippen MR) is 94.0 cm³/mol. The van der Waals surface area contributed by atoms with E-state index in [1.807, 2.05) is 24.3 Å². The molecule has 0 bridgehead atoms. The zero-order valence-electron chi connectivity index (χ0n) is 13.0. The van der Waals surface area contributed by atoms with Crippen molar-refractivity contribution in [3.8, 4) is 0 Å². The van der Waals surface area contributed by atoms with Crippen LogP contribution in [0.5, 0.6) is 0 Å². The Morgan fingerprint density at radius 3 is 2.75 bits per heavy atom. The molecule has 2 aromatic rings. The second-order valence-corrected chi connectivity index (χ2v) is 6.29.